The molecule has 104 valence electrons. The first-order valence-electron chi connectivity index (χ1n) is 7.19. The Bertz CT molecular complexity index is 999. The van der Waals surface area contributed by atoms with Crippen LogP contribution in [0, 0.1) is 0 Å². The summed E-state index contributed by atoms with van der Waals surface area (Å²) < 4.78 is 0. The van der Waals surface area contributed by atoms with Gasteiger partial charge in [-0.3, -0.25) is 9.78 Å². The van der Waals surface area contributed by atoms with E-state index in [9.17, 15) is 4.79 Å². The van der Waals surface area contributed by atoms with E-state index < -0.39 is 0 Å². The Labute approximate surface area is 128 Å². The van der Waals surface area contributed by atoms with E-state index in [0.29, 0.717) is 5.56 Å². The molecule has 22 heavy (non-hydrogen) atoms. The van der Waals surface area contributed by atoms with E-state index in [1.165, 1.54) is 0 Å². The predicted octanol–water partition coefficient (Wildman–Crippen LogP) is 4.87. The van der Waals surface area contributed by atoms with Crippen LogP contribution >= 0.6 is 0 Å². The van der Waals surface area contributed by atoms with Crippen LogP contribution < -0.4 is 0 Å². The fourth-order valence-corrected chi connectivity index (χ4v) is 2.99. The first-order chi connectivity index (χ1) is 10.9. The van der Waals surface area contributed by atoms with Gasteiger partial charge in [0.2, 0.25) is 0 Å². The van der Waals surface area contributed by atoms with Crippen molar-refractivity contribution in [3.63, 3.8) is 0 Å². The van der Waals surface area contributed by atoms with Gasteiger partial charge in [-0.15, -0.1) is 0 Å². The molecule has 0 aliphatic carbocycles. The molecule has 3 aromatic carbocycles. The summed E-state index contributed by atoms with van der Waals surface area (Å²) in [6.45, 7) is 0. The summed E-state index contributed by atoms with van der Waals surface area (Å²) in [5, 5.41) is 3.31. The average Bonchev–Trinajstić information content (AvgIpc) is 2.60. The van der Waals surface area contributed by atoms with Gasteiger partial charge in [0, 0.05) is 22.7 Å². The van der Waals surface area contributed by atoms with Crippen LogP contribution in [0.1, 0.15) is 10.4 Å². The molecule has 0 bridgehead atoms. The quantitative estimate of drug-likeness (QED) is 0.491. The second kappa shape index (κ2) is 5.08. The fourth-order valence-electron chi connectivity index (χ4n) is 2.99. The number of carbonyl (C=O) groups is 1. The number of benzene rings is 3. The SMILES string of the molecule is O=Cc1cnc2ccccc2c1-c1cccc2ccccc12. The van der Waals surface area contributed by atoms with Crippen molar-refractivity contribution in [1.82, 2.24) is 4.98 Å². The van der Waals surface area contributed by atoms with Crippen LogP contribution in [0.3, 0.4) is 0 Å². The van der Waals surface area contributed by atoms with E-state index >= 15 is 0 Å². The lowest BCUT2D eigenvalue weighted by Crippen LogP contribution is -1.93. The number of nitrogens with zero attached hydrogens (tertiary/aromatic N) is 1. The van der Waals surface area contributed by atoms with E-state index in [4.69, 9.17) is 0 Å². The largest absolute Gasteiger partial charge is 0.298 e. The molecule has 0 saturated heterocycles. The standard InChI is InChI=1S/C20H13NO/c22-13-15-12-21-19-11-4-3-9-18(19)20(15)17-10-5-7-14-6-1-2-8-16(14)17/h1-13H. The lowest BCUT2D eigenvalue weighted by atomic mass is 9.93. The molecule has 2 heteroatoms. The van der Waals surface area contributed by atoms with Gasteiger partial charge in [0.1, 0.15) is 0 Å². The molecule has 0 aliphatic heterocycles. The summed E-state index contributed by atoms with van der Waals surface area (Å²) in [7, 11) is 0. The van der Waals surface area contributed by atoms with Crippen molar-refractivity contribution < 1.29 is 4.79 Å². The average molecular weight is 283 g/mol. The molecule has 2 nitrogen and oxygen atoms in total. The molecule has 0 aliphatic rings. The highest BCUT2D eigenvalue weighted by Crippen LogP contribution is 2.35. The maximum atomic E-state index is 11.5. The lowest BCUT2D eigenvalue weighted by molar-refractivity contribution is 0.112. The monoisotopic (exact) mass is 283 g/mol. The van der Waals surface area contributed by atoms with Crippen molar-refractivity contribution >= 4 is 28.0 Å². The van der Waals surface area contributed by atoms with Gasteiger partial charge >= 0.3 is 0 Å². The number of hydrogen-bond donors (Lipinski definition) is 0. The van der Waals surface area contributed by atoms with Crippen LogP contribution in [-0.2, 0) is 0 Å². The number of rotatable bonds is 2. The number of carbonyl (C=O) groups excluding carboxylic acids is 1. The summed E-state index contributed by atoms with van der Waals surface area (Å²) in [5.74, 6) is 0. The maximum Gasteiger partial charge on any atom is 0.152 e. The van der Waals surface area contributed by atoms with Gasteiger partial charge in [0.15, 0.2) is 6.29 Å². The van der Waals surface area contributed by atoms with Gasteiger partial charge < -0.3 is 0 Å². The molecule has 0 N–H and O–H groups in total. The highest BCUT2D eigenvalue weighted by molar-refractivity contribution is 6.09. The normalized spacial score (nSPS) is 10.9. The van der Waals surface area contributed by atoms with Gasteiger partial charge in [0.25, 0.3) is 0 Å². The molecule has 0 radical (unpaired) electrons. The van der Waals surface area contributed by atoms with Crippen molar-refractivity contribution in [2.45, 2.75) is 0 Å². The first-order valence-corrected chi connectivity index (χ1v) is 7.19. The van der Waals surface area contributed by atoms with E-state index in [2.05, 4.69) is 29.2 Å². The van der Waals surface area contributed by atoms with Crippen LogP contribution in [0.25, 0.3) is 32.8 Å². The summed E-state index contributed by atoms with van der Waals surface area (Å²) in [4.78, 5) is 15.9. The summed E-state index contributed by atoms with van der Waals surface area (Å²) in [5.41, 5.74) is 3.54. The topological polar surface area (TPSA) is 30.0 Å². The lowest BCUT2D eigenvalue weighted by Gasteiger charge is -2.12. The molecule has 0 atom stereocenters. The minimum absolute atomic E-state index is 0.620. The Balaban J connectivity index is 2.18. The van der Waals surface area contributed by atoms with Crippen LogP contribution in [0.2, 0.25) is 0 Å². The van der Waals surface area contributed by atoms with Gasteiger partial charge in [-0.2, -0.15) is 0 Å². The van der Waals surface area contributed by atoms with Crippen LogP contribution in [0.5, 0.6) is 0 Å². The van der Waals surface area contributed by atoms with Crippen LogP contribution in [0.4, 0.5) is 0 Å². The third-order valence-corrected chi connectivity index (χ3v) is 3.99. The Kier molecular flexibility index (Phi) is 2.94. The second-order valence-corrected chi connectivity index (χ2v) is 5.25. The first kappa shape index (κ1) is 12.7. The number of para-hydroxylation sites is 1. The summed E-state index contributed by atoms with van der Waals surface area (Å²) in [6, 6.07) is 22.3. The van der Waals surface area contributed by atoms with Crippen molar-refractivity contribution in [2.75, 3.05) is 0 Å². The summed E-state index contributed by atoms with van der Waals surface area (Å²) in [6.07, 6.45) is 2.54. The molecule has 0 saturated carbocycles. The molecule has 1 heterocycles. The number of aldehydes is 1. The molecular weight excluding hydrogens is 270 g/mol. The second-order valence-electron chi connectivity index (χ2n) is 5.25. The molecule has 4 aromatic rings. The third-order valence-electron chi connectivity index (χ3n) is 3.99. The van der Waals surface area contributed by atoms with Crippen LogP contribution in [-0.4, -0.2) is 11.3 Å². The Morgan fingerprint density at radius 1 is 0.773 bits per heavy atom. The molecule has 0 unspecified atom stereocenters. The van der Waals surface area contributed by atoms with Crippen molar-refractivity contribution in [1.29, 1.82) is 0 Å². The minimum Gasteiger partial charge on any atom is -0.298 e. The highest BCUT2D eigenvalue weighted by Gasteiger charge is 2.12. The Morgan fingerprint density at radius 2 is 1.50 bits per heavy atom. The van der Waals surface area contributed by atoms with Gasteiger partial charge in [-0.1, -0.05) is 60.7 Å². The highest BCUT2D eigenvalue weighted by atomic mass is 16.1. The predicted molar refractivity (Wildman–Crippen MR) is 90.1 cm³/mol. The van der Waals surface area contributed by atoms with Crippen molar-refractivity contribution in [3.05, 3.63) is 78.5 Å². The third kappa shape index (κ3) is 1.89. The van der Waals surface area contributed by atoms with E-state index in [-0.39, 0.29) is 0 Å². The van der Waals surface area contributed by atoms with Gasteiger partial charge in [-0.05, 0) is 22.4 Å². The zero-order valence-corrected chi connectivity index (χ0v) is 11.9. The van der Waals surface area contributed by atoms with Gasteiger partial charge in [0.05, 0.1) is 5.52 Å². The molecule has 4 rings (SSSR count). The fraction of sp³-hybridized carbons (Fsp3) is 0. The molecule has 1 aromatic heterocycles. The Morgan fingerprint density at radius 3 is 2.36 bits per heavy atom. The summed E-state index contributed by atoms with van der Waals surface area (Å²) >= 11 is 0. The number of hydrogen-bond acceptors (Lipinski definition) is 2. The van der Waals surface area contributed by atoms with E-state index in [1.54, 1.807) is 6.20 Å². The number of fused-ring (bicyclic) bond motifs is 2. The van der Waals surface area contributed by atoms with E-state index in [0.717, 1.165) is 39.1 Å². The van der Waals surface area contributed by atoms with Gasteiger partial charge in [-0.25, -0.2) is 0 Å². The van der Waals surface area contributed by atoms with Crippen molar-refractivity contribution in [3.8, 4) is 11.1 Å². The number of aromatic nitrogens is 1. The Hall–Kier alpha value is -3.00. The minimum atomic E-state index is 0.620. The van der Waals surface area contributed by atoms with E-state index in [1.807, 2.05) is 42.5 Å². The smallest absolute Gasteiger partial charge is 0.152 e. The van der Waals surface area contributed by atoms with Crippen molar-refractivity contribution in [2.24, 2.45) is 0 Å². The molecule has 0 spiro atoms. The van der Waals surface area contributed by atoms with Crippen LogP contribution in [0.15, 0.2) is 72.9 Å². The maximum absolute atomic E-state index is 11.5. The zero-order chi connectivity index (χ0) is 14.9. The number of pyridine rings is 1. The molecule has 0 amide bonds. The zero-order valence-electron chi connectivity index (χ0n) is 11.9. The molecule has 0 fully saturated rings. The molecular formula is C20H13NO.